The number of hydrogen-bond acceptors (Lipinski definition) is 2. The highest BCUT2D eigenvalue weighted by Crippen LogP contribution is 2.36. The number of ether oxygens (including phenoxy) is 1. The standard InChI is InChI=1S/C13H23F2NO/c1-17-12-6-2-5-11(12)16-9-10-4-3-7-13(14,15)8-10/h10-12,16H,2-9H2,1H3. The first-order chi connectivity index (χ1) is 8.11. The van der Waals surface area contributed by atoms with E-state index in [-0.39, 0.29) is 24.9 Å². The third kappa shape index (κ3) is 3.62. The van der Waals surface area contributed by atoms with Crippen LogP contribution in [-0.4, -0.2) is 31.7 Å². The second kappa shape index (κ2) is 5.61. The van der Waals surface area contributed by atoms with Gasteiger partial charge in [-0.15, -0.1) is 0 Å². The lowest BCUT2D eigenvalue weighted by Gasteiger charge is -2.30. The Morgan fingerprint density at radius 1 is 1.24 bits per heavy atom. The molecule has 0 aromatic carbocycles. The van der Waals surface area contributed by atoms with Crippen molar-refractivity contribution in [2.45, 2.75) is 63.0 Å². The molecule has 0 heterocycles. The van der Waals surface area contributed by atoms with Gasteiger partial charge in [0.1, 0.15) is 0 Å². The van der Waals surface area contributed by atoms with E-state index in [0.29, 0.717) is 12.5 Å². The molecule has 0 radical (unpaired) electrons. The van der Waals surface area contributed by atoms with E-state index in [1.807, 2.05) is 0 Å². The average Bonchev–Trinajstić information content (AvgIpc) is 2.72. The van der Waals surface area contributed by atoms with E-state index in [0.717, 1.165) is 25.8 Å². The highest BCUT2D eigenvalue weighted by atomic mass is 19.3. The Balaban J connectivity index is 1.74. The van der Waals surface area contributed by atoms with Gasteiger partial charge in [-0.25, -0.2) is 8.78 Å². The minimum Gasteiger partial charge on any atom is -0.380 e. The molecule has 2 aliphatic rings. The lowest BCUT2D eigenvalue weighted by Crippen LogP contribution is -2.41. The second-order valence-corrected chi connectivity index (χ2v) is 5.54. The van der Waals surface area contributed by atoms with E-state index in [1.165, 1.54) is 6.42 Å². The van der Waals surface area contributed by atoms with Gasteiger partial charge in [0, 0.05) is 26.0 Å². The zero-order valence-electron chi connectivity index (χ0n) is 10.6. The van der Waals surface area contributed by atoms with Gasteiger partial charge in [0.2, 0.25) is 5.92 Å². The van der Waals surface area contributed by atoms with Gasteiger partial charge in [0.05, 0.1) is 6.10 Å². The lowest BCUT2D eigenvalue weighted by atomic mass is 9.86. The topological polar surface area (TPSA) is 21.3 Å². The van der Waals surface area contributed by atoms with E-state index in [1.54, 1.807) is 7.11 Å². The summed E-state index contributed by atoms with van der Waals surface area (Å²) in [6, 6.07) is 0.371. The van der Waals surface area contributed by atoms with Crippen LogP contribution in [0.5, 0.6) is 0 Å². The summed E-state index contributed by atoms with van der Waals surface area (Å²) in [6.07, 6.45) is 5.40. The number of halogens is 2. The molecule has 3 unspecified atom stereocenters. The minimum atomic E-state index is -2.43. The number of methoxy groups -OCH3 is 1. The molecule has 0 aromatic heterocycles. The molecule has 2 nitrogen and oxygen atoms in total. The van der Waals surface area contributed by atoms with Crippen LogP contribution in [0, 0.1) is 5.92 Å². The van der Waals surface area contributed by atoms with Gasteiger partial charge in [-0.2, -0.15) is 0 Å². The molecule has 1 N–H and O–H groups in total. The van der Waals surface area contributed by atoms with Crippen molar-refractivity contribution in [2.24, 2.45) is 5.92 Å². The molecular weight excluding hydrogens is 224 g/mol. The van der Waals surface area contributed by atoms with Gasteiger partial charge >= 0.3 is 0 Å². The van der Waals surface area contributed by atoms with Crippen LogP contribution in [0.25, 0.3) is 0 Å². The Bertz CT molecular complexity index is 248. The van der Waals surface area contributed by atoms with Gasteiger partial charge in [0.15, 0.2) is 0 Å². The smallest absolute Gasteiger partial charge is 0.248 e. The molecule has 2 rings (SSSR count). The van der Waals surface area contributed by atoms with Crippen molar-refractivity contribution in [3.8, 4) is 0 Å². The molecule has 0 aliphatic heterocycles. The quantitative estimate of drug-likeness (QED) is 0.824. The van der Waals surface area contributed by atoms with Crippen LogP contribution >= 0.6 is 0 Å². The van der Waals surface area contributed by atoms with E-state index in [9.17, 15) is 8.78 Å². The summed E-state index contributed by atoms with van der Waals surface area (Å²) in [4.78, 5) is 0. The Morgan fingerprint density at radius 2 is 2.06 bits per heavy atom. The number of alkyl halides is 2. The molecule has 0 spiro atoms. The molecular formula is C13H23F2NO. The van der Waals surface area contributed by atoms with E-state index < -0.39 is 5.92 Å². The first-order valence-corrected chi connectivity index (χ1v) is 6.75. The molecule has 4 heteroatoms. The maximum absolute atomic E-state index is 13.2. The second-order valence-electron chi connectivity index (χ2n) is 5.54. The Morgan fingerprint density at radius 3 is 2.76 bits per heavy atom. The van der Waals surface area contributed by atoms with Crippen molar-refractivity contribution in [3.63, 3.8) is 0 Å². The Labute approximate surface area is 102 Å². The third-order valence-corrected chi connectivity index (χ3v) is 4.17. The Hall–Kier alpha value is -0.220. The first kappa shape index (κ1) is 13.2. The SMILES string of the molecule is COC1CCCC1NCC1CCCC(F)(F)C1. The molecule has 2 saturated carbocycles. The predicted molar refractivity (Wildman–Crippen MR) is 63.3 cm³/mol. The molecule has 0 saturated heterocycles. The fourth-order valence-corrected chi connectivity index (χ4v) is 3.21. The van der Waals surface area contributed by atoms with Crippen LogP contribution in [-0.2, 0) is 4.74 Å². The number of nitrogens with one attached hydrogen (secondary N) is 1. The van der Waals surface area contributed by atoms with Crippen molar-refractivity contribution in [2.75, 3.05) is 13.7 Å². The average molecular weight is 247 g/mol. The molecule has 3 atom stereocenters. The molecule has 0 aromatic rings. The molecule has 17 heavy (non-hydrogen) atoms. The monoisotopic (exact) mass is 247 g/mol. The summed E-state index contributed by atoms with van der Waals surface area (Å²) in [5, 5.41) is 3.43. The van der Waals surface area contributed by atoms with Crippen LogP contribution in [0.15, 0.2) is 0 Å². The molecule has 0 bridgehead atoms. The summed E-state index contributed by atoms with van der Waals surface area (Å²) in [5.74, 6) is -2.29. The highest BCUT2D eigenvalue weighted by Gasteiger charge is 2.36. The van der Waals surface area contributed by atoms with E-state index in [4.69, 9.17) is 4.74 Å². The Kier molecular flexibility index (Phi) is 4.36. The van der Waals surface area contributed by atoms with Crippen molar-refractivity contribution >= 4 is 0 Å². The zero-order valence-corrected chi connectivity index (χ0v) is 10.6. The molecule has 2 fully saturated rings. The largest absolute Gasteiger partial charge is 0.380 e. The molecule has 2 aliphatic carbocycles. The van der Waals surface area contributed by atoms with Crippen LogP contribution < -0.4 is 5.32 Å². The molecule has 0 amide bonds. The summed E-state index contributed by atoms with van der Waals surface area (Å²) < 4.78 is 31.9. The van der Waals surface area contributed by atoms with Crippen LogP contribution in [0.4, 0.5) is 8.78 Å². The van der Waals surface area contributed by atoms with Gasteiger partial charge in [-0.1, -0.05) is 0 Å². The zero-order chi connectivity index (χ0) is 12.3. The normalized spacial score (nSPS) is 37.2. The van der Waals surface area contributed by atoms with Gasteiger partial charge in [0.25, 0.3) is 0 Å². The van der Waals surface area contributed by atoms with E-state index >= 15 is 0 Å². The van der Waals surface area contributed by atoms with Crippen molar-refractivity contribution in [1.29, 1.82) is 0 Å². The lowest BCUT2D eigenvalue weighted by molar-refractivity contribution is -0.0528. The summed E-state index contributed by atoms with van der Waals surface area (Å²) in [6.45, 7) is 0.722. The summed E-state index contributed by atoms with van der Waals surface area (Å²) >= 11 is 0. The van der Waals surface area contributed by atoms with E-state index in [2.05, 4.69) is 5.32 Å². The van der Waals surface area contributed by atoms with Crippen molar-refractivity contribution in [1.82, 2.24) is 5.32 Å². The fraction of sp³-hybridized carbons (Fsp3) is 1.00. The predicted octanol–water partition coefficient (Wildman–Crippen LogP) is 2.97. The van der Waals surface area contributed by atoms with Gasteiger partial charge in [-0.05, 0) is 44.6 Å². The summed E-state index contributed by atoms with van der Waals surface area (Å²) in [5.41, 5.74) is 0. The van der Waals surface area contributed by atoms with Gasteiger partial charge in [-0.3, -0.25) is 0 Å². The fourth-order valence-electron chi connectivity index (χ4n) is 3.21. The maximum atomic E-state index is 13.2. The highest BCUT2D eigenvalue weighted by molar-refractivity contribution is 4.86. The van der Waals surface area contributed by atoms with Crippen LogP contribution in [0.2, 0.25) is 0 Å². The third-order valence-electron chi connectivity index (χ3n) is 4.17. The van der Waals surface area contributed by atoms with Crippen molar-refractivity contribution in [3.05, 3.63) is 0 Å². The van der Waals surface area contributed by atoms with Crippen LogP contribution in [0.3, 0.4) is 0 Å². The minimum absolute atomic E-state index is 0.0599. The maximum Gasteiger partial charge on any atom is 0.248 e. The first-order valence-electron chi connectivity index (χ1n) is 6.75. The summed E-state index contributed by atoms with van der Waals surface area (Å²) in [7, 11) is 1.74. The van der Waals surface area contributed by atoms with Crippen LogP contribution in [0.1, 0.15) is 44.9 Å². The number of rotatable bonds is 4. The number of hydrogen-bond donors (Lipinski definition) is 1. The van der Waals surface area contributed by atoms with Gasteiger partial charge < -0.3 is 10.1 Å². The molecule has 100 valence electrons. The van der Waals surface area contributed by atoms with Crippen molar-refractivity contribution < 1.29 is 13.5 Å².